The zero-order valence-electron chi connectivity index (χ0n) is 12.5. The van der Waals surface area contributed by atoms with E-state index in [9.17, 15) is 18.5 Å². The number of thioether (sulfide) groups is 1. The van der Waals surface area contributed by atoms with E-state index in [1.54, 1.807) is 11.8 Å². The van der Waals surface area contributed by atoms with Crippen LogP contribution in [0.4, 0.5) is 5.69 Å². The smallest absolute Gasteiger partial charge is 0.258 e. The summed E-state index contributed by atoms with van der Waals surface area (Å²) >= 11 is 5.04. The Kier molecular flexibility index (Phi) is 6.79. The van der Waals surface area contributed by atoms with E-state index in [4.69, 9.17) is 0 Å². The summed E-state index contributed by atoms with van der Waals surface area (Å²) in [6.45, 7) is 0.198. The lowest BCUT2D eigenvalue weighted by Crippen LogP contribution is -2.26. The van der Waals surface area contributed by atoms with Crippen LogP contribution in [-0.2, 0) is 15.8 Å². The zero-order valence-corrected chi connectivity index (χ0v) is 15.7. The normalized spacial score (nSPS) is 11.4. The fraction of sp³-hybridized carbons (Fsp3) is 0.200. The van der Waals surface area contributed by atoms with E-state index in [0.717, 1.165) is 15.8 Å². The van der Waals surface area contributed by atoms with Gasteiger partial charge in [-0.05, 0) is 17.7 Å². The molecule has 2 aromatic carbocycles. The summed E-state index contributed by atoms with van der Waals surface area (Å²) < 4.78 is 27.8. The van der Waals surface area contributed by atoms with Gasteiger partial charge in [0, 0.05) is 28.6 Å². The number of nitrogens with one attached hydrogen (secondary N) is 1. The van der Waals surface area contributed by atoms with E-state index >= 15 is 0 Å². The van der Waals surface area contributed by atoms with Gasteiger partial charge in [-0.1, -0.05) is 46.3 Å². The number of rotatable bonds is 8. The first-order valence-corrected chi connectivity index (χ1v) is 10.4. The molecular formula is C15H15BrN2O4S2. The molecule has 0 atom stereocenters. The Morgan fingerprint density at radius 2 is 1.79 bits per heavy atom. The van der Waals surface area contributed by atoms with Gasteiger partial charge in [0.05, 0.1) is 4.92 Å². The van der Waals surface area contributed by atoms with Crippen molar-refractivity contribution >= 4 is 43.4 Å². The predicted molar refractivity (Wildman–Crippen MR) is 98.6 cm³/mol. The van der Waals surface area contributed by atoms with E-state index in [0.29, 0.717) is 5.75 Å². The molecule has 2 aromatic rings. The second-order valence-corrected chi connectivity index (χ2v) is 8.46. The molecule has 9 heteroatoms. The molecule has 0 unspecified atom stereocenters. The molecule has 0 aliphatic rings. The Bertz CT molecular complexity index is 828. The van der Waals surface area contributed by atoms with Crippen molar-refractivity contribution in [1.29, 1.82) is 0 Å². The predicted octanol–water partition coefficient (Wildman–Crippen LogP) is 3.57. The first-order chi connectivity index (χ1) is 11.4. The van der Waals surface area contributed by atoms with Gasteiger partial charge in [0.25, 0.3) is 5.69 Å². The monoisotopic (exact) mass is 430 g/mol. The van der Waals surface area contributed by atoms with Crippen molar-refractivity contribution in [3.05, 3.63) is 68.7 Å². The molecule has 0 heterocycles. The minimum Gasteiger partial charge on any atom is -0.258 e. The number of benzene rings is 2. The van der Waals surface area contributed by atoms with Gasteiger partial charge >= 0.3 is 0 Å². The maximum Gasteiger partial charge on any atom is 0.289 e. The lowest BCUT2D eigenvalue weighted by atomic mass is 10.2. The van der Waals surface area contributed by atoms with Crippen molar-refractivity contribution in [2.24, 2.45) is 0 Å². The fourth-order valence-corrected chi connectivity index (χ4v) is 4.76. The van der Waals surface area contributed by atoms with E-state index in [1.807, 2.05) is 24.3 Å². The standard InChI is InChI=1S/C15H15BrN2O4S2/c16-13-6-2-1-5-12(13)11-23-10-9-17-24(21,22)15-8-4-3-7-14(15)18(19)20/h1-8,17H,9-11H2. The number of para-hydroxylation sites is 1. The van der Waals surface area contributed by atoms with Gasteiger partial charge in [0.2, 0.25) is 10.0 Å². The summed E-state index contributed by atoms with van der Waals surface area (Å²) in [4.78, 5) is 9.93. The highest BCUT2D eigenvalue weighted by Gasteiger charge is 2.24. The minimum absolute atomic E-state index is 0.198. The van der Waals surface area contributed by atoms with Crippen LogP contribution in [-0.4, -0.2) is 25.6 Å². The van der Waals surface area contributed by atoms with Gasteiger partial charge < -0.3 is 0 Å². The fourth-order valence-electron chi connectivity index (χ4n) is 1.96. The SMILES string of the molecule is O=[N+]([O-])c1ccccc1S(=O)(=O)NCCSCc1ccccc1Br. The molecule has 0 aliphatic carbocycles. The van der Waals surface area contributed by atoms with E-state index in [-0.39, 0.29) is 11.4 Å². The van der Waals surface area contributed by atoms with Crippen LogP contribution in [0.5, 0.6) is 0 Å². The number of nitro benzene ring substituents is 1. The number of hydrogen-bond donors (Lipinski definition) is 1. The molecule has 0 saturated carbocycles. The molecule has 0 spiro atoms. The zero-order chi connectivity index (χ0) is 17.6. The van der Waals surface area contributed by atoms with Crippen molar-refractivity contribution in [1.82, 2.24) is 4.72 Å². The molecule has 1 N–H and O–H groups in total. The molecule has 6 nitrogen and oxygen atoms in total. The average molecular weight is 431 g/mol. The Balaban J connectivity index is 1.90. The maximum atomic E-state index is 12.2. The second-order valence-electron chi connectivity index (χ2n) is 4.77. The Labute approximate surface area is 153 Å². The number of halogens is 1. The van der Waals surface area contributed by atoms with Gasteiger partial charge in [-0.25, -0.2) is 13.1 Å². The van der Waals surface area contributed by atoms with Crippen molar-refractivity contribution < 1.29 is 13.3 Å². The highest BCUT2D eigenvalue weighted by atomic mass is 79.9. The Morgan fingerprint density at radius 1 is 1.12 bits per heavy atom. The number of nitrogens with zero attached hydrogens (tertiary/aromatic N) is 1. The summed E-state index contributed by atoms with van der Waals surface area (Å²) in [5.74, 6) is 1.30. The van der Waals surface area contributed by atoms with E-state index in [1.165, 1.54) is 24.3 Å². The first kappa shape index (κ1) is 18.9. The van der Waals surface area contributed by atoms with E-state index < -0.39 is 20.6 Å². The van der Waals surface area contributed by atoms with Crippen LogP contribution in [0.3, 0.4) is 0 Å². The number of sulfonamides is 1. The summed E-state index contributed by atoms with van der Waals surface area (Å²) in [5.41, 5.74) is 0.704. The molecular weight excluding hydrogens is 416 g/mol. The third-order valence-corrected chi connectivity index (χ3v) is 6.40. The van der Waals surface area contributed by atoms with Gasteiger partial charge in [-0.2, -0.15) is 11.8 Å². The summed E-state index contributed by atoms with van der Waals surface area (Å²) in [6.07, 6.45) is 0. The quantitative estimate of drug-likeness (QED) is 0.392. The average Bonchev–Trinajstić information content (AvgIpc) is 2.56. The topological polar surface area (TPSA) is 89.3 Å². The third kappa shape index (κ3) is 5.04. The van der Waals surface area contributed by atoms with Gasteiger partial charge in [0.1, 0.15) is 0 Å². The lowest BCUT2D eigenvalue weighted by Gasteiger charge is -2.08. The van der Waals surface area contributed by atoms with Crippen LogP contribution >= 0.6 is 27.7 Å². The van der Waals surface area contributed by atoms with Crippen LogP contribution in [0.2, 0.25) is 0 Å². The summed E-state index contributed by atoms with van der Waals surface area (Å²) in [6, 6.07) is 13.1. The van der Waals surface area contributed by atoms with Crippen molar-refractivity contribution in [2.75, 3.05) is 12.3 Å². The Morgan fingerprint density at radius 3 is 2.50 bits per heavy atom. The third-order valence-electron chi connectivity index (χ3n) is 3.11. The summed E-state index contributed by atoms with van der Waals surface area (Å²) in [7, 11) is -3.90. The van der Waals surface area contributed by atoms with Gasteiger partial charge in [-0.3, -0.25) is 10.1 Å². The van der Waals surface area contributed by atoms with Crippen LogP contribution in [0.1, 0.15) is 5.56 Å². The molecule has 0 aliphatic heterocycles. The molecule has 0 saturated heterocycles. The van der Waals surface area contributed by atoms with Crippen LogP contribution in [0.15, 0.2) is 57.9 Å². The Hall–Kier alpha value is -1.42. The first-order valence-electron chi connectivity index (χ1n) is 6.96. The van der Waals surface area contributed by atoms with Gasteiger partial charge in [-0.15, -0.1) is 0 Å². The lowest BCUT2D eigenvalue weighted by molar-refractivity contribution is -0.387. The van der Waals surface area contributed by atoms with Crippen molar-refractivity contribution in [2.45, 2.75) is 10.6 Å². The maximum absolute atomic E-state index is 12.2. The molecule has 0 radical (unpaired) electrons. The molecule has 2 rings (SSSR count). The molecule has 0 fully saturated rings. The number of nitro groups is 1. The molecule has 24 heavy (non-hydrogen) atoms. The molecule has 0 amide bonds. The highest BCUT2D eigenvalue weighted by molar-refractivity contribution is 9.10. The van der Waals surface area contributed by atoms with Crippen molar-refractivity contribution in [3.63, 3.8) is 0 Å². The minimum atomic E-state index is -3.90. The van der Waals surface area contributed by atoms with Crippen LogP contribution in [0, 0.1) is 10.1 Å². The molecule has 0 aromatic heterocycles. The highest BCUT2D eigenvalue weighted by Crippen LogP contribution is 2.23. The van der Waals surface area contributed by atoms with E-state index in [2.05, 4.69) is 20.7 Å². The van der Waals surface area contributed by atoms with Crippen LogP contribution in [0.25, 0.3) is 0 Å². The van der Waals surface area contributed by atoms with Crippen LogP contribution < -0.4 is 4.72 Å². The largest absolute Gasteiger partial charge is 0.289 e. The number of hydrogen-bond acceptors (Lipinski definition) is 5. The van der Waals surface area contributed by atoms with Gasteiger partial charge in [0.15, 0.2) is 4.90 Å². The summed E-state index contributed by atoms with van der Waals surface area (Å²) in [5, 5.41) is 10.9. The molecule has 0 bridgehead atoms. The van der Waals surface area contributed by atoms with Crippen molar-refractivity contribution in [3.8, 4) is 0 Å². The molecule has 128 valence electrons. The second kappa shape index (κ2) is 8.61.